The number of rotatable bonds is 3. The van der Waals surface area contributed by atoms with Crippen LogP contribution in [0.2, 0.25) is 0 Å². The Bertz CT molecular complexity index is 913. The fourth-order valence-corrected chi connectivity index (χ4v) is 3.10. The second-order valence-electron chi connectivity index (χ2n) is 6.04. The molecule has 26 heavy (non-hydrogen) atoms. The molecule has 2 aromatic heterocycles. The topological polar surface area (TPSA) is 86.8 Å². The van der Waals surface area contributed by atoms with Crippen molar-refractivity contribution in [1.82, 2.24) is 25.1 Å². The van der Waals surface area contributed by atoms with E-state index in [1.807, 2.05) is 12.1 Å². The highest BCUT2D eigenvalue weighted by Gasteiger charge is 2.32. The van der Waals surface area contributed by atoms with Gasteiger partial charge in [0.15, 0.2) is 5.82 Å². The van der Waals surface area contributed by atoms with Crippen LogP contribution < -0.4 is 5.32 Å². The Balaban J connectivity index is 1.53. The van der Waals surface area contributed by atoms with Crippen molar-refractivity contribution in [2.24, 2.45) is 0 Å². The SMILES string of the molecule is O=C(Nc1ccccc1F)N1CCC[C@H]1c1nc(-c2ccncc2)n[nH]1. The number of carbonyl (C=O) groups excluding carboxylic acids is 1. The summed E-state index contributed by atoms with van der Waals surface area (Å²) in [4.78, 5) is 22.8. The normalized spacial score (nSPS) is 16.7. The van der Waals surface area contributed by atoms with Gasteiger partial charge in [-0.3, -0.25) is 10.1 Å². The number of urea groups is 1. The number of hydrogen-bond donors (Lipinski definition) is 2. The highest BCUT2D eigenvalue weighted by atomic mass is 19.1. The number of para-hydroxylation sites is 1. The summed E-state index contributed by atoms with van der Waals surface area (Å²) in [5, 5.41) is 9.80. The van der Waals surface area contributed by atoms with Crippen LogP contribution in [0.25, 0.3) is 11.4 Å². The molecule has 1 aliphatic rings. The molecule has 0 aliphatic carbocycles. The number of nitrogens with zero attached hydrogens (tertiary/aromatic N) is 4. The summed E-state index contributed by atoms with van der Waals surface area (Å²) < 4.78 is 13.8. The van der Waals surface area contributed by atoms with Gasteiger partial charge in [-0.05, 0) is 37.1 Å². The number of H-pyrrole nitrogens is 1. The monoisotopic (exact) mass is 352 g/mol. The molecule has 1 aliphatic heterocycles. The van der Waals surface area contributed by atoms with Crippen LogP contribution in [0.4, 0.5) is 14.9 Å². The molecule has 4 rings (SSSR count). The fourth-order valence-electron chi connectivity index (χ4n) is 3.10. The van der Waals surface area contributed by atoms with Crippen molar-refractivity contribution < 1.29 is 9.18 Å². The lowest BCUT2D eigenvalue weighted by molar-refractivity contribution is 0.205. The molecule has 7 nitrogen and oxygen atoms in total. The number of nitrogens with one attached hydrogen (secondary N) is 2. The van der Waals surface area contributed by atoms with E-state index >= 15 is 0 Å². The first-order chi connectivity index (χ1) is 12.7. The minimum Gasteiger partial charge on any atom is -0.314 e. The Morgan fingerprint density at radius 1 is 1.23 bits per heavy atom. The van der Waals surface area contributed by atoms with Crippen molar-refractivity contribution in [3.63, 3.8) is 0 Å². The summed E-state index contributed by atoms with van der Waals surface area (Å²) in [5.41, 5.74) is 1.01. The van der Waals surface area contributed by atoms with Crippen molar-refractivity contribution >= 4 is 11.7 Å². The number of carbonyl (C=O) groups is 1. The van der Waals surface area contributed by atoms with Gasteiger partial charge in [-0.2, -0.15) is 5.10 Å². The Morgan fingerprint density at radius 3 is 2.85 bits per heavy atom. The van der Waals surface area contributed by atoms with E-state index in [0.717, 1.165) is 18.4 Å². The van der Waals surface area contributed by atoms with Crippen molar-refractivity contribution in [3.8, 4) is 11.4 Å². The standard InChI is InChI=1S/C18H17FN6O/c19-13-4-1-2-5-14(13)21-18(26)25-11-3-6-15(25)17-22-16(23-24-17)12-7-9-20-10-8-12/h1-2,4-5,7-10,15H,3,6,11H2,(H,21,26)(H,22,23,24)/t15-/m0/s1. The summed E-state index contributed by atoms with van der Waals surface area (Å²) in [6.07, 6.45) is 4.97. The van der Waals surface area contributed by atoms with Gasteiger partial charge in [-0.25, -0.2) is 14.2 Å². The quantitative estimate of drug-likeness (QED) is 0.756. The van der Waals surface area contributed by atoms with Crippen LogP contribution in [0, 0.1) is 5.82 Å². The molecule has 2 N–H and O–H groups in total. The maximum absolute atomic E-state index is 13.8. The third-order valence-electron chi connectivity index (χ3n) is 4.39. The van der Waals surface area contributed by atoms with E-state index in [1.54, 1.807) is 29.4 Å². The Morgan fingerprint density at radius 2 is 2.04 bits per heavy atom. The number of aromatic nitrogens is 4. The van der Waals surface area contributed by atoms with Gasteiger partial charge in [-0.1, -0.05) is 12.1 Å². The Labute approximate surface area is 149 Å². The first-order valence-electron chi connectivity index (χ1n) is 8.37. The van der Waals surface area contributed by atoms with E-state index in [4.69, 9.17) is 0 Å². The molecule has 0 radical (unpaired) electrons. The van der Waals surface area contributed by atoms with E-state index in [9.17, 15) is 9.18 Å². The van der Waals surface area contributed by atoms with E-state index in [-0.39, 0.29) is 17.8 Å². The van der Waals surface area contributed by atoms with E-state index in [1.165, 1.54) is 12.1 Å². The number of amides is 2. The molecule has 3 aromatic rings. The first-order valence-corrected chi connectivity index (χ1v) is 8.37. The molecule has 0 spiro atoms. The lowest BCUT2D eigenvalue weighted by atomic mass is 10.2. The largest absolute Gasteiger partial charge is 0.322 e. The van der Waals surface area contributed by atoms with Crippen LogP contribution in [0.3, 0.4) is 0 Å². The summed E-state index contributed by atoms with van der Waals surface area (Å²) in [5.74, 6) is 0.720. The summed E-state index contributed by atoms with van der Waals surface area (Å²) >= 11 is 0. The summed E-state index contributed by atoms with van der Waals surface area (Å²) in [6.45, 7) is 0.580. The molecule has 3 heterocycles. The van der Waals surface area contributed by atoms with E-state index in [0.29, 0.717) is 18.2 Å². The van der Waals surface area contributed by atoms with Gasteiger partial charge in [0, 0.05) is 24.5 Å². The third-order valence-corrected chi connectivity index (χ3v) is 4.39. The summed E-state index contributed by atoms with van der Waals surface area (Å²) in [7, 11) is 0. The van der Waals surface area contributed by atoms with Gasteiger partial charge >= 0.3 is 6.03 Å². The van der Waals surface area contributed by atoms with Crippen LogP contribution >= 0.6 is 0 Å². The van der Waals surface area contributed by atoms with Crippen LogP contribution in [-0.4, -0.2) is 37.6 Å². The molecule has 0 saturated carbocycles. The molecule has 1 atom stereocenters. The predicted molar refractivity (Wildman–Crippen MR) is 93.7 cm³/mol. The molecule has 0 bridgehead atoms. The molecule has 2 amide bonds. The van der Waals surface area contributed by atoms with Crippen LogP contribution in [0.1, 0.15) is 24.7 Å². The number of likely N-dealkylation sites (tertiary alicyclic amines) is 1. The number of aromatic amines is 1. The van der Waals surface area contributed by atoms with Gasteiger partial charge in [-0.15, -0.1) is 0 Å². The smallest absolute Gasteiger partial charge is 0.314 e. The van der Waals surface area contributed by atoms with Gasteiger partial charge in [0.1, 0.15) is 11.6 Å². The summed E-state index contributed by atoms with van der Waals surface area (Å²) in [6, 6.07) is 9.19. The van der Waals surface area contributed by atoms with Gasteiger partial charge < -0.3 is 10.2 Å². The average molecular weight is 352 g/mol. The highest BCUT2D eigenvalue weighted by Crippen LogP contribution is 2.31. The minimum absolute atomic E-state index is 0.165. The van der Waals surface area contributed by atoms with Crippen molar-refractivity contribution in [2.75, 3.05) is 11.9 Å². The number of hydrogen-bond acceptors (Lipinski definition) is 4. The van der Waals surface area contributed by atoms with Crippen LogP contribution in [0.5, 0.6) is 0 Å². The van der Waals surface area contributed by atoms with Crippen LogP contribution in [-0.2, 0) is 0 Å². The lowest BCUT2D eigenvalue weighted by Gasteiger charge is -2.23. The highest BCUT2D eigenvalue weighted by molar-refractivity contribution is 5.89. The van der Waals surface area contributed by atoms with Crippen molar-refractivity contribution in [3.05, 3.63) is 60.4 Å². The first kappa shape index (κ1) is 16.2. The molecular formula is C18H17FN6O. The molecular weight excluding hydrogens is 335 g/mol. The van der Waals surface area contributed by atoms with Gasteiger partial charge in [0.25, 0.3) is 0 Å². The predicted octanol–water partition coefficient (Wildman–Crippen LogP) is 3.37. The number of pyridine rings is 1. The van der Waals surface area contributed by atoms with Crippen molar-refractivity contribution in [1.29, 1.82) is 0 Å². The maximum Gasteiger partial charge on any atom is 0.322 e. The Kier molecular flexibility index (Phi) is 4.30. The Hall–Kier alpha value is -3.29. The van der Waals surface area contributed by atoms with Crippen molar-refractivity contribution in [2.45, 2.75) is 18.9 Å². The zero-order valence-corrected chi connectivity index (χ0v) is 13.9. The number of anilines is 1. The second-order valence-corrected chi connectivity index (χ2v) is 6.04. The van der Waals surface area contributed by atoms with Gasteiger partial charge in [0.2, 0.25) is 0 Å². The van der Waals surface area contributed by atoms with Gasteiger partial charge in [0.05, 0.1) is 11.7 Å². The molecule has 0 unspecified atom stereocenters. The minimum atomic E-state index is -0.462. The average Bonchev–Trinajstić information content (AvgIpc) is 3.33. The molecule has 1 aromatic carbocycles. The van der Waals surface area contributed by atoms with E-state index < -0.39 is 5.82 Å². The molecule has 1 saturated heterocycles. The number of halogens is 1. The van der Waals surface area contributed by atoms with E-state index in [2.05, 4.69) is 25.5 Å². The van der Waals surface area contributed by atoms with Crippen LogP contribution in [0.15, 0.2) is 48.8 Å². The molecule has 132 valence electrons. The molecule has 8 heteroatoms. The fraction of sp³-hybridized carbons (Fsp3) is 0.222. The zero-order chi connectivity index (χ0) is 17.9. The zero-order valence-electron chi connectivity index (χ0n) is 13.9. The third kappa shape index (κ3) is 3.13. The number of benzene rings is 1. The second kappa shape index (κ2) is 6.91. The molecule has 1 fully saturated rings. The maximum atomic E-state index is 13.8. The lowest BCUT2D eigenvalue weighted by Crippen LogP contribution is -2.35.